The Morgan fingerprint density at radius 2 is 1.71 bits per heavy atom. The average Bonchev–Trinajstić information content (AvgIpc) is 2.57. The molecule has 2 heterocycles. The molecule has 0 aliphatic carbocycles. The Hall–Kier alpha value is -2.62. The Labute approximate surface area is 142 Å². The van der Waals surface area contributed by atoms with E-state index in [9.17, 15) is 4.39 Å². The van der Waals surface area contributed by atoms with Crippen LogP contribution >= 0.6 is 0 Å². The molecule has 0 unspecified atom stereocenters. The second-order valence-electron chi connectivity index (χ2n) is 5.65. The molecule has 0 bridgehead atoms. The van der Waals surface area contributed by atoms with Crippen LogP contribution in [0.5, 0.6) is 0 Å². The van der Waals surface area contributed by atoms with Crippen LogP contribution in [-0.4, -0.2) is 15.0 Å². The van der Waals surface area contributed by atoms with Crippen LogP contribution in [0.1, 0.15) is 42.9 Å². The maximum absolute atomic E-state index is 13.0. The molecule has 3 rings (SSSR count). The molecule has 0 saturated heterocycles. The number of benzene rings is 1. The van der Waals surface area contributed by atoms with Crippen molar-refractivity contribution >= 4 is 0 Å². The third-order valence-electron chi connectivity index (χ3n) is 3.80. The van der Waals surface area contributed by atoms with Crippen LogP contribution < -0.4 is 0 Å². The topological polar surface area (TPSA) is 38.7 Å². The lowest BCUT2D eigenvalue weighted by Crippen LogP contribution is -2.03. The highest BCUT2D eigenvalue weighted by Gasteiger charge is 2.09. The van der Waals surface area contributed by atoms with Gasteiger partial charge in [-0.25, -0.2) is 4.39 Å². The highest BCUT2D eigenvalue weighted by Crippen LogP contribution is 2.20. The Kier molecular flexibility index (Phi) is 6.13. The van der Waals surface area contributed by atoms with Gasteiger partial charge >= 0.3 is 0 Å². The number of hydrogen-bond acceptors (Lipinski definition) is 3. The van der Waals surface area contributed by atoms with Crippen molar-refractivity contribution in [2.24, 2.45) is 0 Å². The number of nitrogens with zero attached hydrogens (tertiary/aromatic N) is 3. The van der Waals surface area contributed by atoms with Crippen molar-refractivity contribution in [3.63, 3.8) is 0 Å². The van der Waals surface area contributed by atoms with Crippen molar-refractivity contribution in [2.45, 2.75) is 33.1 Å². The van der Waals surface area contributed by atoms with E-state index in [0.29, 0.717) is 6.42 Å². The van der Waals surface area contributed by atoms with Gasteiger partial charge in [0.15, 0.2) is 0 Å². The van der Waals surface area contributed by atoms with Gasteiger partial charge in [0, 0.05) is 36.4 Å². The van der Waals surface area contributed by atoms with Gasteiger partial charge in [-0.05, 0) is 42.2 Å². The standard InChI is InChI=1S/C19H18FN3.CH4/c1-14(15-5-7-16(20)8-6-15)11-17-3-2-4-18(23-17)12-19-13-21-9-10-22-19;/h2-10,13-14H,11-12H2,1H3;1H4/t14-;/m1./s1. The van der Waals surface area contributed by atoms with Crippen LogP contribution in [0.25, 0.3) is 0 Å². The second kappa shape index (κ2) is 8.29. The summed E-state index contributed by atoms with van der Waals surface area (Å²) < 4.78 is 13.0. The molecule has 2 aromatic heterocycles. The zero-order chi connectivity index (χ0) is 16.1. The first kappa shape index (κ1) is 17.7. The summed E-state index contributed by atoms with van der Waals surface area (Å²) in [7, 11) is 0. The summed E-state index contributed by atoms with van der Waals surface area (Å²) in [5.41, 5.74) is 4.04. The molecule has 0 aliphatic rings. The molecule has 3 nitrogen and oxygen atoms in total. The number of pyridine rings is 1. The average molecular weight is 323 g/mol. The molecule has 3 aromatic rings. The summed E-state index contributed by atoms with van der Waals surface area (Å²) in [6.45, 7) is 2.13. The largest absolute Gasteiger partial charge is 0.261 e. The normalized spacial score (nSPS) is 11.6. The fourth-order valence-electron chi connectivity index (χ4n) is 2.57. The van der Waals surface area contributed by atoms with Crippen molar-refractivity contribution in [1.29, 1.82) is 0 Å². The molecule has 1 atom stereocenters. The molecule has 1 aromatic carbocycles. The molecular formula is C20H22FN3. The van der Waals surface area contributed by atoms with E-state index in [-0.39, 0.29) is 19.2 Å². The van der Waals surface area contributed by atoms with Crippen LogP contribution in [-0.2, 0) is 12.8 Å². The fourth-order valence-corrected chi connectivity index (χ4v) is 2.57. The van der Waals surface area contributed by atoms with Gasteiger partial charge in [0.1, 0.15) is 5.82 Å². The van der Waals surface area contributed by atoms with Crippen LogP contribution in [0.2, 0.25) is 0 Å². The Morgan fingerprint density at radius 3 is 2.42 bits per heavy atom. The maximum Gasteiger partial charge on any atom is 0.123 e. The zero-order valence-electron chi connectivity index (χ0n) is 13.0. The number of halogens is 1. The SMILES string of the molecule is C.C[C@H](Cc1cccc(Cc2cnccn2)n1)c1ccc(F)cc1. The summed E-state index contributed by atoms with van der Waals surface area (Å²) >= 11 is 0. The quantitative estimate of drug-likeness (QED) is 0.689. The third kappa shape index (κ3) is 4.69. The molecule has 0 saturated carbocycles. The lowest BCUT2D eigenvalue weighted by atomic mass is 9.96. The van der Waals surface area contributed by atoms with Crippen LogP contribution in [0.3, 0.4) is 0 Å². The van der Waals surface area contributed by atoms with Crippen molar-refractivity contribution < 1.29 is 4.39 Å². The first-order chi connectivity index (χ1) is 11.2. The minimum absolute atomic E-state index is 0. The van der Waals surface area contributed by atoms with Gasteiger partial charge in [0.25, 0.3) is 0 Å². The van der Waals surface area contributed by atoms with E-state index in [1.54, 1.807) is 18.6 Å². The highest BCUT2D eigenvalue weighted by atomic mass is 19.1. The first-order valence-electron chi connectivity index (χ1n) is 7.66. The van der Waals surface area contributed by atoms with E-state index in [1.165, 1.54) is 12.1 Å². The molecule has 0 aliphatic heterocycles. The van der Waals surface area contributed by atoms with E-state index in [2.05, 4.69) is 16.9 Å². The van der Waals surface area contributed by atoms with Crippen LogP contribution in [0, 0.1) is 5.82 Å². The minimum atomic E-state index is -0.204. The third-order valence-corrected chi connectivity index (χ3v) is 3.80. The number of rotatable bonds is 5. The van der Waals surface area contributed by atoms with Crippen LogP contribution in [0.4, 0.5) is 4.39 Å². The molecule has 0 amide bonds. The Morgan fingerprint density at radius 1 is 0.958 bits per heavy atom. The van der Waals surface area contributed by atoms with E-state index in [1.807, 2.05) is 30.3 Å². The van der Waals surface area contributed by atoms with Gasteiger partial charge in [-0.3, -0.25) is 15.0 Å². The van der Waals surface area contributed by atoms with Crippen molar-refractivity contribution in [3.05, 3.63) is 89.5 Å². The van der Waals surface area contributed by atoms with Gasteiger partial charge in [-0.15, -0.1) is 0 Å². The zero-order valence-corrected chi connectivity index (χ0v) is 13.0. The monoisotopic (exact) mass is 323 g/mol. The summed E-state index contributed by atoms with van der Waals surface area (Å²) in [5.74, 6) is 0.0832. The molecule has 124 valence electrons. The lowest BCUT2D eigenvalue weighted by Gasteiger charge is -2.12. The predicted octanol–water partition coefficient (Wildman–Crippen LogP) is 4.58. The summed E-state index contributed by atoms with van der Waals surface area (Å²) in [5, 5.41) is 0. The summed E-state index contributed by atoms with van der Waals surface area (Å²) in [4.78, 5) is 13.1. The number of hydrogen-bond donors (Lipinski definition) is 0. The van der Waals surface area contributed by atoms with Crippen molar-refractivity contribution in [3.8, 4) is 0 Å². The van der Waals surface area contributed by atoms with E-state index >= 15 is 0 Å². The summed E-state index contributed by atoms with van der Waals surface area (Å²) in [6, 6.07) is 12.7. The van der Waals surface area contributed by atoms with E-state index in [0.717, 1.165) is 29.1 Å². The van der Waals surface area contributed by atoms with Gasteiger partial charge in [-0.2, -0.15) is 0 Å². The minimum Gasteiger partial charge on any atom is -0.261 e. The summed E-state index contributed by atoms with van der Waals surface area (Å²) in [6.07, 6.45) is 6.61. The van der Waals surface area contributed by atoms with E-state index in [4.69, 9.17) is 4.98 Å². The number of aromatic nitrogens is 3. The van der Waals surface area contributed by atoms with Crippen LogP contribution in [0.15, 0.2) is 61.1 Å². The van der Waals surface area contributed by atoms with Gasteiger partial charge in [0.2, 0.25) is 0 Å². The maximum atomic E-state index is 13.0. The van der Waals surface area contributed by atoms with Crippen molar-refractivity contribution in [1.82, 2.24) is 15.0 Å². The molecule has 4 heteroatoms. The van der Waals surface area contributed by atoms with Gasteiger partial charge in [-0.1, -0.05) is 32.5 Å². The smallest absolute Gasteiger partial charge is 0.123 e. The van der Waals surface area contributed by atoms with E-state index < -0.39 is 0 Å². The predicted molar refractivity (Wildman–Crippen MR) is 94.3 cm³/mol. The molecule has 24 heavy (non-hydrogen) atoms. The van der Waals surface area contributed by atoms with Crippen molar-refractivity contribution in [2.75, 3.05) is 0 Å². The van der Waals surface area contributed by atoms with Gasteiger partial charge < -0.3 is 0 Å². The second-order valence-corrected chi connectivity index (χ2v) is 5.65. The first-order valence-corrected chi connectivity index (χ1v) is 7.66. The Balaban J connectivity index is 0.00000208. The molecule has 0 spiro atoms. The molecule has 0 fully saturated rings. The molecule has 0 N–H and O–H groups in total. The highest BCUT2D eigenvalue weighted by molar-refractivity contribution is 5.23. The molecular weight excluding hydrogens is 301 g/mol. The molecule has 0 radical (unpaired) electrons. The van der Waals surface area contributed by atoms with Gasteiger partial charge in [0.05, 0.1) is 5.69 Å². The fraction of sp³-hybridized carbons (Fsp3) is 0.250. The Bertz CT molecular complexity index is 757. The lowest BCUT2D eigenvalue weighted by molar-refractivity contribution is 0.625.